The number of aryl methyl sites for hydroxylation is 2. The summed E-state index contributed by atoms with van der Waals surface area (Å²) in [7, 11) is 0. The summed E-state index contributed by atoms with van der Waals surface area (Å²) in [6.45, 7) is 6.93. The van der Waals surface area contributed by atoms with Crippen molar-refractivity contribution in [1.29, 1.82) is 0 Å². The van der Waals surface area contributed by atoms with E-state index in [0.717, 1.165) is 37.1 Å². The third-order valence-corrected chi connectivity index (χ3v) is 11.2. The van der Waals surface area contributed by atoms with Gasteiger partial charge in [0.25, 0.3) is 0 Å². The van der Waals surface area contributed by atoms with Gasteiger partial charge in [-0.25, -0.2) is 4.98 Å². The number of aromatic nitrogens is 1. The molecule has 2 fully saturated rings. The number of hydrogen-bond acceptors (Lipinski definition) is 3. The van der Waals surface area contributed by atoms with Crippen LogP contribution in [-0.2, 0) is 6.42 Å². The maximum Gasteiger partial charge on any atom is 0.130 e. The highest BCUT2D eigenvalue weighted by molar-refractivity contribution is 7.16. The van der Waals surface area contributed by atoms with Crippen molar-refractivity contribution in [1.82, 2.24) is 4.98 Å². The van der Waals surface area contributed by atoms with Gasteiger partial charge >= 0.3 is 0 Å². The van der Waals surface area contributed by atoms with E-state index in [-0.39, 0.29) is 10.8 Å². The lowest BCUT2D eigenvalue weighted by atomic mass is 9.47. The second-order valence-corrected chi connectivity index (χ2v) is 12.3. The molecule has 1 N–H and O–H groups in total. The molecule has 1 heterocycles. The lowest BCUT2D eigenvalue weighted by Crippen LogP contribution is -2.53. The second kappa shape index (κ2) is 6.81. The molecule has 3 heteroatoms. The smallest absolute Gasteiger partial charge is 0.130 e. The Bertz CT molecular complexity index is 1150. The van der Waals surface area contributed by atoms with Gasteiger partial charge in [-0.15, -0.1) is 17.8 Å². The van der Waals surface area contributed by atoms with E-state index in [1.807, 2.05) is 11.3 Å². The Hall–Kier alpha value is -1.89. The number of nitrogens with zero attached hydrogens (tertiary/aromatic N) is 1. The van der Waals surface area contributed by atoms with Crippen LogP contribution in [0, 0.1) is 47.9 Å². The minimum Gasteiger partial charge on any atom is -0.377 e. The van der Waals surface area contributed by atoms with Crippen LogP contribution in [0.5, 0.6) is 0 Å². The molecule has 0 spiro atoms. The Morgan fingerprint density at radius 1 is 1.09 bits per heavy atom. The summed E-state index contributed by atoms with van der Waals surface area (Å²) in [4.78, 5) is 6.53. The van der Waals surface area contributed by atoms with Crippen LogP contribution < -0.4 is 0 Å². The van der Waals surface area contributed by atoms with Crippen LogP contribution in [0.25, 0.3) is 16.1 Å². The first-order valence-electron chi connectivity index (χ1n) is 12.3. The van der Waals surface area contributed by atoms with Gasteiger partial charge in [-0.3, -0.25) is 0 Å². The molecule has 0 bridgehead atoms. The summed E-state index contributed by atoms with van der Waals surface area (Å²) < 4.78 is 0. The Labute approximate surface area is 196 Å². The number of benzene rings is 1. The normalized spacial score (nSPS) is 39.8. The fourth-order valence-corrected chi connectivity index (χ4v) is 9.24. The van der Waals surface area contributed by atoms with Crippen molar-refractivity contribution in [3.63, 3.8) is 0 Å². The topological polar surface area (TPSA) is 33.1 Å². The Morgan fingerprint density at radius 2 is 1.84 bits per heavy atom. The summed E-state index contributed by atoms with van der Waals surface area (Å²) in [6, 6.07) is 8.78. The Morgan fingerprint density at radius 3 is 2.59 bits per heavy atom. The highest BCUT2D eigenvalue weighted by atomic mass is 32.1. The molecular weight excluding hydrogens is 410 g/mol. The fourth-order valence-electron chi connectivity index (χ4n) is 7.95. The first-order valence-corrected chi connectivity index (χ1v) is 13.1. The zero-order chi connectivity index (χ0) is 22.3. The van der Waals surface area contributed by atoms with E-state index in [1.54, 1.807) is 5.57 Å². The van der Waals surface area contributed by atoms with Gasteiger partial charge in [-0.2, -0.15) is 0 Å². The zero-order valence-corrected chi connectivity index (χ0v) is 20.3. The van der Waals surface area contributed by atoms with Crippen LogP contribution in [0.15, 0.2) is 30.3 Å². The number of hydrogen-bond donors (Lipinski definition) is 1. The molecular formula is C29H33NOS. The maximum atomic E-state index is 11.2. The second-order valence-electron chi connectivity index (χ2n) is 11.3. The van der Waals surface area contributed by atoms with Gasteiger partial charge < -0.3 is 5.11 Å². The van der Waals surface area contributed by atoms with Crippen molar-refractivity contribution in [2.75, 3.05) is 0 Å². The molecule has 2 nitrogen and oxygen atoms in total. The van der Waals surface area contributed by atoms with E-state index in [1.165, 1.54) is 34.5 Å². The van der Waals surface area contributed by atoms with Crippen molar-refractivity contribution in [2.45, 2.75) is 71.3 Å². The predicted octanol–water partition coefficient (Wildman–Crippen LogP) is 6.66. The van der Waals surface area contributed by atoms with E-state index in [0.29, 0.717) is 17.8 Å². The van der Waals surface area contributed by atoms with Gasteiger partial charge in [0.05, 0.1) is 10.6 Å². The van der Waals surface area contributed by atoms with Crippen LogP contribution >= 0.6 is 11.3 Å². The average Bonchev–Trinajstić information content (AvgIpc) is 3.33. The van der Waals surface area contributed by atoms with E-state index < -0.39 is 5.60 Å². The number of aliphatic hydroxyl groups is 1. The molecule has 4 aliphatic rings. The van der Waals surface area contributed by atoms with Crippen molar-refractivity contribution in [2.24, 2.45) is 28.6 Å². The molecule has 166 valence electrons. The highest BCUT2D eigenvalue weighted by Gasteiger charge is 2.63. The third kappa shape index (κ3) is 2.60. The highest BCUT2D eigenvalue weighted by Crippen LogP contribution is 2.68. The predicted molar refractivity (Wildman–Crippen MR) is 132 cm³/mol. The van der Waals surface area contributed by atoms with Crippen molar-refractivity contribution >= 4 is 16.9 Å². The van der Waals surface area contributed by atoms with Crippen molar-refractivity contribution in [3.8, 4) is 22.9 Å². The number of rotatable bonds is 1. The Balaban J connectivity index is 1.38. The monoisotopic (exact) mass is 443 g/mol. The molecule has 0 amide bonds. The lowest BCUT2D eigenvalue weighted by molar-refractivity contribution is -0.0886. The summed E-state index contributed by atoms with van der Waals surface area (Å²) in [5.41, 5.74) is 4.54. The van der Waals surface area contributed by atoms with E-state index >= 15 is 0 Å². The molecule has 2 saturated carbocycles. The quantitative estimate of drug-likeness (QED) is 0.500. The van der Waals surface area contributed by atoms with E-state index in [9.17, 15) is 5.11 Å². The molecule has 1 aromatic carbocycles. The lowest BCUT2D eigenvalue weighted by Gasteiger charge is -2.57. The minimum atomic E-state index is -0.923. The molecule has 0 saturated heterocycles. The van der Waals surface area contributed by atoms with Crippen molar-refractivity contribution < 1.29 is 5.11 Å². The first kappa shape index (κ1) is 20.7. The molecule has 0 aliphatic heterocycles. The summed E-state index contributed by atoms with van der Waals surface area (Å²) in [5.74, 6) is 4.65. The van der Waals surface area contributed by atoms with Crippen molar-refractivity contribution in [3.05, 3.63) is 46.5 Å². The van der Waals surface area contributed by atoms with Crippen LogP contribution in [0.2, 0.25) is 0 Å². The molecule has 6 atom stereocenters. The van der Waals surface area contributed by atoms with Gasteiger partial charge in [0.15, 0.2) is 0 Å². The average molecular weight is 444 g/mol. The van der Waals surface area contributed by atoms with Gasteiger partial charge in [0.1, 0.15) is 10.6 Å². The fraction of sp³-hybridized carbons (Fsp3) is 0.552. The third-order valence-electron chi connectivity index (χ3n) is 9.98. The largest absolute Gasteiger partial charge is 0.377 e. The van der Waals surface area contributed by atoms with E-state index in [4.69, 9.17) is 11.4 Å². The van der Waals surface area contributed by atoms with Gasteiger partial charge in [-0.1, -0.05) is 55.7 Å². The molecule has 1 aromatic heterocycles. The molecule has 2 aromatic rings. The minimum absolute atomic E-state index is 0.131. The number of fused-ring (bicyclic) bond motifs is 7. The van der Waals surface area contributed by atoms with E-state index in [2.05, 4.69) is 57.0 Å². The number of thiazole rings is 1. The van der Waals surface area contributed by atoms with Gasteiger partial charge in [-0.05, 0) is 80.6 Å². The molecule has 0 radical (unpaired) electrons. The van der Waals surface area contributed by atoms with Crippen LogP contribution in [0.4, 0.5) is 0 Å². The zero-order valence-electron chi connectivity index (χ0n) is 19.4. The maximum absolute atomic E-state index is 11.2. The summed E-state index contributed by atoms with van der Waals surface area (Å²) in [6.07, 6.45) is 15.8. The molecule has 0 unspecified atom stereocenters. The first-order chi connectivity index (χ1) is 15.3. The van der Waals surface area contributed by atoms with Gasteiger partial charge in [0.2, 0.25) is 0 Å². The summed E-state index contributed by atoms with van der Waals surface area (Å²) in [5, 5.41) is 12.4. The number of terminal acetylenes is 1. The van der Waals surface area contributed by atoms with Gasteiger partial charge in [0, 0.05) is 11.0 Å². The molecule has 6 rings (SSSR count). The number of allylic oxidation sites excluding steroid dienone is 2. The molecule has 4 aliphatic carbocycles. The SMILES string of the molecule is C#C[C@]1(O)CC[C@H]2[C@@H]3CC=C4c5sc(-c6ccc(C)cc6)nc5CC[C@]4(C)[C@H]3CC[C@@]21C. The molecule has 32 heavy (non-hydrogen) atoms. The Kier molecular flexibility index (Phi) is 4.41. The van der Waals surface area contributed by atoms with Crippen LogP contribution in [0.3, 0.4) is 0 Å². The van der Waals surface area contributed by atoms with Crippen LogP contribution in [-0.4, -0.2) is 15.7 Å². The van der Waals surface area contributed by atoms with Crippen LogP contribution in [0.1, 0.15) is 68.5 Å². The summed E-state index contributed by atoms with van der Waals surface area (Å²) >= 11 is 1.89. The standard InChI is InChI=1S/C29H33NOS/c1-5-29(31)17-13-22-20-10-11-23-25-24(30-26(32-25)19-8-6-18(2)7-9-19)14-15-27(23,3)21(20)12-16-28(22,29)4/h1,6-9,11,20-22,31H,10,12-17H2,2-4H3/t20-,21+,22+,27-,28+,29+/m1/s1.